The summed E-state index contributed by atoms with van der Waals surface area (Å²) in [6.07, 6.45) is 3.08. The lowest BCUT2D eigenvalue weighted by Crippen LogP contribution is -2.23. The third-order valence-corrected chi connectivity index (χ3v) is 5.61. The lowest BCUT2D eigenvalue weighted by Gasteiger charge is -2.23. The molecule has 0 aliphatic heterocycles. The third-order valence-electron chi connectivity index (χ3n) is 4.35. The van der Waals surface area contributed by atoms with Gasteiger partial charge in [-0.25, -0.2) is 9.97 Å². The Morgan fingerprint density at radius 1 is 1.39 bits per heavy atom. The van der Waals surface area contributed by atoms with Crippen LogP contribution in [0.1, 0.15) is 17.5 Å². The Labute approximate surface area is 190 Å². The van der Waals surface area contributed by atoms with E-state index in [9.17, 15) is 5.11 Å². The van der Waals surface area contributed by atoms with Crippen molar-refractivity contribution in [3.63, 3.8) is 0 Å². The van der Waals surface area contributed by atoms with Crippen molar-refractivity contribution in [2.45, 2.75) is 12.5 Å². The smallest absolute Gasteiger partial charge is 0.222 e. The van der Waals surface area contributed by atoms with Gasteiger partial charge in [-0.05, 0) is 25.1 Å². The third kappa shape index (κ3) is 5.83. The molecule has 8 nitrogen and oxygen atoms in total. The van der Waals surface area contributed by atoms with Gasteiger partial charge in [-0.2, -0.15) is 4.98 Å². The number of nitrogen functional groups attached to an aromatic ring is 1. The number of anilines is 4. The molecule has 4 N–H and O–H groups in total. The Balaban J connectivity index is 1.97. The van der Waals surface area contributed by atoms with Crippen molar-refractivity contribution in [3.8, 4) is 11.8 Å². The quantitative estimate of drug-likeness (QED) is 0.463. The predicted molar refractivity (Wildman–Crippen MR) is 125 cm³/mol. The average Bonchev–Trinajstić information content (AvgIpc) is 3.29. The zero-order valence-corrected chi connectivity index (χ0v) is 19.0. The summed E-state index contributed by atoms with van der Waals surface area (Å²) in [7, 11) is 3.61. The molecule has 31 heavy (non-hydrogen) atoms. The van der Waals surface area contributed by atoms with E-state index in [1.807, 2.05) is 30.1 Å². The number of likely N-dealkylation sites (N-methyl/N-ethyl adjacent to an activating group) is 1. The number of hydrogen-bond donors (Lipinski definition) is 3. The van der Waals surface area contributed by atoms with Crippen LogP contribution in [0, 0.1) is 11.8 Å². The molecule has 0 saturated heterocycles. The SMILES string of the molecule is COCCN(C)c1ccc(C#C[C@](C)(O)c2nccs2)cc1Nc1nc(N)ncc1Cl. The van der Waals surface area contributed by atoms with E-state index >= 15 is 0 Å². The van der Waals surface area contributed by atoms with Gasteiger partial charge >= 0.3 is 0 Å². The highest BCUT2D eigenvalue weighted by Crippen LogP contribution is 2.31. The molecular formula is C21H23ClN6O2S. The summed E-state index contributed by atoms with van der Waals surface area (Å²) < 4.78 is 5.19. The number of ether oxygens (including phenoxy) is 1. The van der Waals surface area contributed by atoms with Gasteiger partial charge in [0.15, 0.2) is 11.4 Å². The second kappa shape index (κ2) is 9.94. The van der Waals surface area contributed by atoms with E-state index in [0.29, 0.717) is 34.6 Å². The van der Waals surface area contributed by atoms with E-state index in [2.05, 4.69) is 32.1 Å². The monoisotopic (exact) mass is 458 g/mol. The maximum absolute atomic E-state index is 10.6. The standard InChI is InChI=1S/C21H23ClN6O2S/c1-21(29,19-24-8-11-31-19)7-6-14-4-5-17(28(2)9-10-30-3)16(12-14)26-18-15(22)13-25-20(23)27-18/h4-5,8,11-13,29H,9-10H2,1-3H3,(H3,23,25,26,27)/t21-/m0/s1. The van der Waals surface area contributed by atoms with Gasteiger partial charge in [-0.15, -0.1) is 11.3 Å². The van der Waals surface area contributed by atoms with E-state index in [1.54, 1.807) is 25.6 Å². The molecule has 162 valence electrons. The summed E-state index contributed by atoms with van der Waals surface area (Å²) >= 11 is 7.59. The van der Waals surface area contributed by atoms with Crippen molar-refractivity contribution in [2.24, 2.45) is 0 Å². The zero-order chi connectivity index (χ0) is 22.4. The number of aromatic nitrogens is 3. The Hall–Kier alpha value is -2.90. The number of thiazole rings is 1. The number of halogens is 1. The summed E-state index contributed by atoms with van der Waals surface area (Å²) in [6, 6.07) is 5.67. The van der Waals surface area contributed by atoms with E-state index in [1.165, 1.54) is 17.5 Å². The highest BCUT2D eigenvalue weighted by atomic mass is 35.5. The number of methoxy groups -OCH3 is 1. The number of rotatable bonds is 7. The first-order valence-electron chi connectivity index (χ1n) is 9.35. The Kier molecular flexibility index (Phi) is 7.30. The van der Waals surface area contributed by atoms with Crippen molar-refractivity contribution >= 4 is 46.1 Å². The molecule has 0 unspecified atom stereocenters. The summed E-state index contributed by atoms with van der Waals surface area (Å²) in [5, 5.41) is 16.5. The summed E-state index contributed by atoms with van der Waals surface area (Å²) in [6.45, 7) is 2.86. The number of hydrogen-bond acceptors (Lipinski definition) is 9. The maximum atomic E-state index is 10.6. The molecule has 0 spiro atoms. The van der Waals surface area contributed by atoms with Crippen molar-refractivity contribution < 1.29 is 9.84 Å². The Morgan fingerprint density at radius 2 is 2.19 bits per heavy atom. The van der Waals surface area contributed by atoms with Crippen LogP contribution in [0.25, 0.3) is 0 Å². The first kappa shape index (κ1) is 22.8. The van der Waals surface area contributed by atoms with Crippen molar-refractivity contribution in [1.29, 1.82) is 0 Å². The molecule has 0 radical (unpaired) electrons. The van der Waals surface area contributed by atoms with Crippen LogP contribution < -0.4 is 16.0 Å². The van der Waals surface area contributed by atoms with Crippen LogP contribution in [0.3, 0.4) is 0 Å². The van der Waals surface area contributed by atoms with Crippen LogP contribution in [-0.4, -0.2) is 47.4 Å². The van der Waals surface area contributed by atoms with Gasteiger partial charge in [0, 0.05) is 37.8 Å². The molecule has 0 aliphatic rings. The summed E-state index contributed by atoms with van der Waals surface area (Å²) in [5.74, 6) is 6.41. The van der Waals surface area contributed by atoms with Crippen LogP contribution in [0.2, 0.25) is 5.02 Å². The average molecular weight is 459 g/mol. The largest absolute Gasteiger partial charge is 0.383 e. The van der Waals surface area contributed by atoms with E-state index in [-0.39, 0.29) is 5.95 Å². The van der Waals surface area contributed by atoms with Crippen molar-refractivity contribution in [1.82, 2.24) is 15.0 Å². The number of benzene rings is 1. The molecule has 3 rings (SSSR count). The molecule has 2 heterocycles. The Morgan fingerprint density at radius 3 is 2.90 bits per heavy atom. The van der Waals surface area contributed by atoms with Gasteiger partial charge in [0.25, 0.3) is 0 Å². The fraction of sp³-hybridized carbons (Fsp3) is 0.286. The molecule has 0 saturated carbocycles. The van der Waals surface area contributed by atoms with Gasteiger partial charge in [0.2, 0.25) is 5.95 Å². The minimum Gasteiger partial charge on any atom is -0.383 e. The topological polar surface area (TPSA) is 109 Å². The zero-order valence-electron chi connectivity index (χ0n) is 17.4. The molecule has 0 amide bonds. The molecule has 1 aromatic carbocycles. The first-order valence-corrected chi connectivity index (χ1v) is 10.6. The first-order chi connectivity index (χ1) is 14.8. The molecule has 1 atom stereocenters. The highest BCUT2D eigenvalue weighted by Gasteiger charge is 2.23. The van der Waals surface area contributed by atoms with E-state index in [0.717, 1.165) is 11.4 Å². The van der Waals surface area contributed by atoms with Gasteiger partial charge in [0.05, 0.1) is 24.2 Å². The Bertz CT molecular complexity index is 1090. The van der Waals surface area contributed by atoms with Gasteiger partial charge in [-0.1, -0.05) is 23.4 Å². The van der Waals surface area contributed by atoms with Crippen LogP contribution in [0.15, 0.2) is 36.0 Å². The second-order valence-electron chi connectivity index (χ2n) is 6.86. The number of nitrogens with zero attached hydrogens (tertiary/aromatic N) is 4. The van der Waals surface area contributed by atoms with Gasteiger partial charge in [-0.3, -0.25) is 0 Å². The molecular weight excluding hydrogens is 436 g/mol. The molecule has 3 aromatic rings. The van der Waals surface area contributed by atoms with Gasteiger partial charge < -0.3 is 25.8 Å². The highest BCUT2D eigenvalue weighted by molar-refractivity contribution is 7.09. The molecule has 0 aliphatic carbocycles. The number of aliphatic hydroxyl groups is 1. The second-order valence-corrected chi connectivity index (χ2v) is 8.16. The maximum Gasteiger partial charge on any atom is 0.222 e. The minimum absolute atomic E-state index is 0.108. The fourth-order valence-electron chi connectivity index (χ4n) is 2.70. The molecule has 10 heteroatoms. The van der Waals surface area contributed by atoms with Crippen LogP contribution in [0.4, 0.5) is 23.1 Å². The number of nitrogens with one attached hydrogen (secondary N) is 1. The predicted octanol–water partition coefficient (Wildman–Crippen LogP) is 3.25. The van der Waals surface area contributed by atoms with E-state index in [4.69, 9.17) is 22.1 Å². The molecule has 0 bridgehead atoms. The minimum atomic E-state index is -1.35. The fourth-order valence-corrected chi connectivity index (χ4v) is 3.49. The normalized spacial score (nSPS) is 12.5. The van der Waals surface area contributed by atoms with Crippen LogP contribution in [-0.2, 0) is 10.3 Å². The summed E-state index contributed by atoms with van der Waals surface area (Å²) in [5.41, 5.74) is 6.68. The summed E-state index contributed by atoms with van der Waals surface area (Å²) in [4.78, 5) is 14.3. The number of nitrogens with two attached hydrogens (primary N) is 1. The van der Waals surface area contributed by atoms with Gasteiger partial charge in [0.1, 0.15) is 10.0 Å². The van der Waals surface area contributed by atoms with Crippen LogP contribution in [0.5, 0.6) is 0 Å². The van der Waals surface area contributed by atoms with Crippen LogP contribution >= 0.6 is 22.9 Å². The lowest BCUT2D eigenvalue weighted by atomic mass is 10.1. The van der Waals surface area contributed by atoms with E-state index < -0.39 is 5.60 Å². The van der Waals surface area contributed by atoms with Crippen molar-refractivity contribution in [3.05, 3.63) is 51.6 Å². The molecule has 0 fully saturated rings. The molecule has 2 aromatic heterocycles. The van der Waals surface area contributed by atoms with Crippen molar-refractivity contribution in [2.75, 3.05) is 43.3 Å². The lowest BCUT2D eigenvalue weighted by molar-refractivity contribution is 0.122.